The Morgan fingerprint density at radius 3 is 2.63 bits per heavy atom. The molecule has 3 heterocycles. The Morgan fingerprint density at radius 1 is 1.26 bits per heavy atom. The van der Waals surface area contributed by atoms with Crippen molar-refractivity contribution in [3.63, 3.8) is 0 Å². The molecule has 1 atom stereocenters. The highest BCUT2D eigenvalue weighted by atomic mass is 16.1. The second-order valence-electron chi connectivity index (χ2n) is 3.50. The maximum atomic E-state index is 11.5. The average molecular weight is 263 g/mol. The lowest BCUT2D eigenvalue weighted by Gasteiger charge is -2.09. The van der Waals surface area contributed by atoms with Gasteiger partial charge in [-0.1, -0.05) is 27.7 Å². The van der Waals surface area contributed by atoms with Crippen molar-refractivity contribution < 1.29 is 0 Å². The summed E-state index contributed by atoms with van der Waals surface area (Å²) in [6.07, 6.45) is 6.63. The second kappa shape index (κ2) is 7.45. The molecule has 0 saturated carbocycles. The predicted molar refractivity (Wildman–Crippen MR) is 74.0 cm³/mol. The fourth-order valence-electron chi connectivity index (χ4n) is 1.99. The molecule has 1 aliphatic heterocycles. The van der Waals surface area contributed by atoms with Crippen LogP contribution in [0.4, 0.5) is 0 Å². The maximum Gasteiger partial charge on any atom is 0.343 e. The highest BCUT2D eigenvalue weighted by molar-refractivity contribution is 5.11. The number of nitrogens with one attached hydrogen (secondary N) is 1. The van der Waals surface area contributed by atoms with E-state index in [-0.39, 0.29) is 11.7 Å². The van der Waals surface area contributed by atoms with Crippen molar-refractivity contribution in [3.8, 4) is 0 Å². The van der Waals surface area contributed by atoms with Gasteiger partial charge in [0.1, 0.15) is 5.82 Å². The highest BCUT2D eigenvalue weighted by Gasteiger charge is 2.27. The molecule has 1 aliphatic rings. The van der Waals surface area contributed by atoms with Crippen LogP contribution in [0.25, 0.3) is 0 Å². The number of rotatable bonds is 1. The van der Waals surface area contributed by atoms with Gasteiger partial charge in [0.15, 0.2) is 0 Å². The van der Waals surface area contributed by atoms with Crippen molar-refractivity contribution in [2.24, 2.45) is 0 Å². The molecule has 3 rings (SSSR count). The summed E-state index contributed by atoms with van der Waals surface area (Å²) in [6.45, 7) is 8.00. The van der Waals surface area contributed by atoms with Crippen LogP contribution in [-0.4, -0.2) is 24.7 Å². The fourth-order valence-corrected chi connectivity index (χ4v) is 1.99. The van der Waals surface area contributed by atoms with Crippen LogP contribution in [0.2, 0.25) is 0 Å². The van der Waals surface area contributed by atoms with Crippen LogP contribution in [-0.2, 0) is 6.42 Å². The molecular formula is C13H21N5O. The van der Waals surface area contributed by atoms with E-state index in [0.717, 1.165) is 24.4 Å². The van der Waals surface area contributed by atoms with E-state index in [2.05, 4.69) is 20.2 Å². The lowest BCUT2D eigenvalue weighted by Crippen LogP contribution is -2.21. The summed E-state index contributed by atoms with van der Waals surface area (Å²) in [7, 11) is 0. The monoisotopic (exact) mass is 263 g/mol. The molecule has 19 heavy (non-hydrogen) atoms. The molecule has 2 aromatic heterocycles. The Labute approximate surface area is 112 Å². The molecule has 0 aromatic carbocycles. The molecule has 104 valence electrons. The summed E-state index contributed by atoms with van der Waals surface area (Å²) in [5, 5.41) is 6.40. The van der Waals surface area contributed by atoms with Gasteiger partial charge in [-0.15, -0.1) is 0 Å². The van der Waals surface area contributed by atoms with Gasteiger partial charge in [0.05, 0.1) is 17.9 Å². The van der Waals surface area contributed by atoms with Gasteiger partial charge in [0.25, 0.3) is 0 Å². The molecule has 0 amide bonds. The first kappa shape index (κ1) is 15.1. The van der Waals surface area contributed by atoms with Gasteiger partial charge < -0.3 is 0 Å². The third kappa shape index (κ3) is 3.07. The zero-order valence-corrected chi connectivity index (χ0v) is 11.9. The van der Waals surface area contributed by atoms with Crippen LogP contribution in [0, 0.1) is 0 Å². The van der Waals surface area contributed by atoms with Gasteiger partial charge in [-0.05, 0) is 6.42 Å². The maximum absolute atomic E-state index is 11.5. The molecule has 0 fully saturated rings. The van der Waals surface area contributed by atoms with E-state index in [9.17, 15) is 4.79 Å². The van der Waals surface area contributed by atoms with Crippen LogP contribution < -0.4 is 5.69 Å². The molecule has 6 nitrogen and oxygen atoms in total. The van der Waals surface area contributed by atoms with Crippen molar-refractivity contribution in [1.82, 2.24) is 24.7 Å². The summed E-state index contributed by atoms with van der Waals surface area (Å²) in [4.78, 5) is 19.7. The zero-order chi connectivity index (χ0) is 14.3. The van der Waals surface area contributed by atoms with Crippen LogP contribution in [0.15, 0.2) is 23.4 Å². The van der Waals surface area contributed by atoms with E-state index >= 15 is 0 Å². The minimum absolute atomic E-state index is 0.0139. The number of fused-ring (bicyclic) bond motifs is 1. The van der Waals surface area contributed by atoms with E-state index in [0.29, 0.717) is 0 Å². The summed E-state index contributed by atoms with van der Waals surface area (Å²) in [5.41, 5.74) is 0.651. The summed E-state index contributed by atoms with van der Waals surface area (Å²) < 4.78 is 1.66. The summed E-state index contributed by atoms with van der Waals surface area (Å²) in [6, 6.07) is -0.0139. The zero-order valence-electron chi connectivity index (χ0n) is 11.9. The number of H-pyrrole nitrogens is 1. The topological polar surface area (TPSA) is 76.5 Å². The van der Waals surface area contributed by atoms with Gasteiger partial charge >= 0.3 is 5.69 Å². The van der Waals surface area contributed by atoms with Gasteiger partial charge in [-0.2, -0.15) is 5.10 Å². The number of aryl methyl sites for hydroxylation is 1. The van der Waals surface area contributed by atoms with Crippen molar-refractivity contribution in [2.75, 3.05) is 0 Å². The van der Waals surface area contributed by atoms with E-state index in [4.69, 9.17) is 0 Å². The molecule has 1 N–H and O–H groups in total. The first-order valence-corrected chi connectivity index (χ1v) is 6.78. The van der Waals surface area contributed by atoms with E-state index in [1.54, 1.807) is 23.2 Å². The lowest BCUT2D eigenvalue weighted by atomic mass is 10.1. The van der Waals surface area contributed by atoms with Gasteiger partial charge in [-0.25, -0.2) is 9.89 Å². The molecule has 0 radical (unpaired) electrons. The standard InChI is InChI=1S/C9H9N5O.2C2H6/c15-9-13-12-8-2-1-7(14(8)9)6-5-10-3-4-11-6;2*1-2/h3-5,7H,1-2H2,(H,13,15);2*1-2H3. The number of hydrogen-bond acceptors (Lipinski definition) is 4. The van der Waals surface area contributed by atoms with Crippen molar-refractivity contribution in [2.45, 2.75) is 46.6 Å². The molecule has 0 spiro atoms. The van der Waals surface area contributed by atoms with Gasteiger partial charge in [-0.3, -0.25) is 14.5 Å². The Balaban J connectivity index is 0.000000415. The Hall–Kier alpha value is -1.98. The number of aromatic amines is 1. The number of aromatic nitrogens is 5. The Kier molecular flexibility index (Phi) is 5.92. The molecular weight excluding hydrogens is 242 g/mol. The molecule has 1 unspecified atom stereocenters. The molecule has 6 heteroatoms. The molecule has 0 saturated heterocycles. The van der Waals surface area contributed by atoms with E-state index in [1.165, 1.54) is 0 Å². The number of nitrogens with zero attached hydrogens (tertiary/aromatic N) is 4. The van der Waals surface area contributed by atoms with Crippen LogP contribution in [0.5, 0.6) is 0 Å². The SMILES string of the molecule is CC.CC.O=c1[nH]nc2n1C(c1cnccn1)CC2. The molecule has 0 bridgehead atoms. The first-order chi connectivity index (χ1) is 9.36. The third-order valence-electron chi connectivity index (χ3n) is 2.66. The fraction of sp³-hybridized carbons (Fsp3) is 0.538. The molecule has 0 aliphatic carbocycles. The molecule has 2 aromatic rings. The van der Waals surface area contributed by atoms with Crippen LogP contribution in [0.3, 0.4) is 0 Å². The normalized spacial score (nSPS) is 15.7. The van der Waals surface area contributed by atoms with Crippen molar-refractivity contribution >= 4 is 0 Å². The lowest BCUT2D eigenvalue weighted by molar-refractivity contribution is 0.579. The van der Waals surface area contributed by atoms with Gasteiger partial charge in [0.2, 0.25) is 0 Å². The van der Waals surface area contributed by atoms with E-state index in [1.807, 2.05) is 27.7 Å². The summed E-state index contributed by atoms with van der Waals surface area (Å²) in [5.74, 6) is 0.802. The second-order valence-corrected chi connectivity index (χ2v) is 3.50. The average Bonchev–Trinajstić information content (AvgIpc) is 3.08. The third-order valence-corrected chi connectivity index (χ3v) is 2.66. The van der Waals surface area contributed by atoms with Gasteiger partial charge in [0, 0.05) is 18.8 Å². The quantitative estimate of drug-likeness (QED) is 0.853. The number of hydrogen-bond donors (Lipinski definition) is 1. The minimum atomic E-state index is -0.168. The largest absolute Gasteiger partial charge is 0.343 e. The van der Waals surface area contributed by atoms with E-state index < -0.39 is 0 Å². The van der Waals surface area contributed by atoms with Crippen LogP contribution >= 0.6 is 0 Å². The smallest absolute Gasteiger partial charge is 0.270 e. The predicted octanol–water partition coefficient (Wildman–Crippen LogP) is 1.95. The van der Waals surface area contributed by atoms with Crippen molar-refractivity contribution in [1.29, 1.82) is 0 Å². The first-order valence-electron chi connectivity index (χ1n) is 6.78. The van der Waals surface area contributed by atoms with Crippen LogP contribution in [0.1, 0.15) is 51.7 Å². The Bertz CT molecular complexity index is 531. The summed E-state index contributed by atoms with van der Waals surface area (Å²) >= 11 is 0. The van der Waals surface area contributed by atoms with Crippen molar-refractivity contribution in [3.05, 3.63) is 40.6 Å². The highest BCUT2D eigenvalue weighted by Crippen LogP contribution is 2.26. The minimum Gasteiger partial charge on any atom is -0.270 e. The Morgan fingerprint density at radius 2 is 2.00 bits per heavy atom.